The third-order valence-corrected chi connectivity index (χ3v) is 3.82. The van der Waals surface area contributed by atoms with E-state index in [4.69, 9.17) is 16.6 Å². The predicted octanol–water partition coefficient (Wildman–Crippen LogP) is 2.82. The Labute approximate surface area is 135 Å². The van der Waals surface area contributed by atoms with Crippen LogP contribution in [0.5, 0.6) is 0 Å². The molecule has 5 heteroatoms. The van der Waals surface area contributed by atoms with Gasteiger partial charge in [-0.15, -0.1) is 0 Å². The van der Waals surface area contributed by atoms with E-state index in [1.807, 2.05) is 42.5 Å². The van der Waals surface area contributed by atoms with Crippen molar-refractivity contribution < 1.29 is 5.11 Å². The molecule has 114 valence electrons. The molecule has 0 unspecified atom stereocenters. The first kappa shape index (κ1) is 15.0. The van der Waals surface area contributed by atoms with Gasteiger partial charge in [0.2, 0.25) is 0 Å². The van der Waals surface area contributed by atoms with Crippen LogP contribution in [0.3, 0.4) is 0 Å². The highest BCUT2D eigenvalue weighted by Gasteiger charge is 2.23. The first-order valence-corrected chi connectivity index (χ1v) is 7.62. The minimum atomic E-state index is 0.125. The highest BCUT2D eigenvalue weighted by molar-refractivity contribution is 6.31. The number of hydrogen-bond donors (Lipinski definition) is 1. The molecule has 0 radical (unpaired) electrons. The van der Waals surface area contributed by atoms with Gasteiger partial charge in [-0.25, -0.2) is 0 Å². The van der Waals surface area contributed by atoms with Crippen molar-refractivity contribution in [3.05, 3.63) is 65.2 Å². The van der Waals surface area contributed by atoms with E-state index in [9.17, 15) is 5.11 Å². The maximum Gasteiger partial charge on any atom is 0.137 e. The Kier molecular flexibility index (Phi) is 4.73. The van der Waals surface area contributed by atoms with Gasteiger partial charge in [-0.1, -0.05) is 48.0 Å². The highest BCUT2D eigenvalue weighted by atomic mass is 35.5. The van der Waals surface area contributed by atoms with Crippen LogP contribution in [0.1, 0.15) is 5.56 Å². The minimum absolute atomic E-state index is 0.125. The minimum Gasteiger partial charge on any atom is -0.395 e. The second kappa shape index (κ2) is 6.92. The molecule has 3 rings (SSSR count). The number of amidine groups is 1. The van der Waals surface area contributed by atoms with Crippen LogP contribution in [-0.4, -0.2) is 42.3 Å². The second-order valence-electron chi connectivity index (χ2n) is 5.16. The number of rotatable bonds is 4. The van der Waals surface area contributed by atoms with Gasteiger partial charge in [-0.05, 0) is 18.2 Å². The molecule has 0 aliphatic carbocycles. The summed E-state index contributed by atoms with van der Waals surface area (Å²) in [5, 5.41) is 9.87. The van der Waals surface area contributed by atoms with Crippen molar-refractivity contribution in [2.24, 2.45) is 4.99 Å². The Bertz CT molecular complexity index is 660. The molecule has 4 nitrogen and oxygen atoms in total. The zero-order chi connectivity index (χ0) is 15.4. The zero-order valence-corrected chi connectivity index (χ0v) is 12.9. The molecule has 0 fully saturated rings. The molecule has 2 aromatic rings. The fourth-order valence-corrected chi connectivity index (χ4v) is 2.71. The van der Waals surface area contributed by atoms with Gasteiger partial charge in [0.15, 0.2) is 0 Å². The lowest BCUT2D eigenvalue weighted by Crippen LogP contribution is -2.47. The van der Waals surface area contributed by atoms with Gasteiger partial charge in [0, 0.05) is 22.8 Å². The monoisotopic (exact) mass is 315 g/mol. The van der Waals surface area contributed by atoms with Crippen molar-refractivity contribution in [1.82, 2.24) is 4.90 Å². The van der Waals surface area contributed by atoms with Crippen molar-refractivity contribution in [3.63, 3.8) is 0 Å². The molecular formula is C17H18ClN3O. The first-order valence-electron chi connectivity index (χ1n) is 7.24. The summed E-state index contributed by atoms with van der Waals surface area (Å²) in [6.07, 6.45) is 0. The Balaban J connectivity index is 1.98. The molecule has 22 heavy (non-hydrogen) atoms. The molecule has 0 spiro atoms. The lowest BCUT2D eigenvalue weighted by molar-refractivity contribution is 0.199. The van der Waals surface area contributed by atoms with Crippen LogP contribution in [-0.2, 0) is 0 Å². The van der Waals surface area contributed by atoms with Crippen LogP contribution in [0.4, 0.5) is 5.69 Å². The van der Waals surface area contributed by atoms with E-state index < -0.39 is 0 Å². The van der Waals surface area contributed by atoms with Gasteiger partial charge in [0.1, 0.15) is 5.84 Å². The smallest absolute Gasteiger partial charge is 0.137 e. The number of β-amino-alcohol motifs (C(OH)–C–C–N with tert-alkyl or cyclic N) is 1. The topological polar surface area (TPSA) is 39.1 Å². The average molecular weight is 316 g/mol. The third kappa shape index (κ3) is 3.30. The molecular weight excluding hydrogens is 298 g/mol. The molecule has 0 bridgehead atoms. The number of halogens is 1. The lowest BCUT2D eigenvalue weighted by Gasteiger charge is -2.36. The second-order valence-corrected chi connectivity index (χ2v) is 5.59. The quantitative estimate of drug-likeness (QED) is 0.943. The Hall–Kier alpha value is -1.88. The van der Waals surface area contributed by atoms with Crippen LogP contribution in [0.25, 0.3) is 0 Å². The summed E-state index contributed by atoms with van der Waals surface area (Å²) in [6.45, 7) is 1.98. The molecule has 1 aliphatic heterocycles. The fourth-order valence-electron chi connectivity index (χ4n) is 2.53. The van der Waals surface area contributed by atoms with E-state index in [1.54, 1.807) is 0 Å². The number of aliphatic imine (C=N–C) groups is 1. The Morgan fingerprint density at radius 3 is 2.64 bits per heavy atom. The lowest BCUT2D eigenvalue weighted by atomic mass is 10.1. The third-order valence-electron chi connectivity index (χ3n) is 3.59. The summed E-state index contributed by atoms with van der Waals surface area (Å²) in [6, 6.07) is 17.9. The molecule has 0 saturated carbocycles. The number of benzene rings is 2. The standard InChI is InChI=1S/C17H18ClN3O/c18-15-7-4-8-16(11-15)21-13-20(9-10-22)12-19-17(21)14-5-2-1-3-6-14/h1-8,11,22H,9-10,12-13H2. The van der Waals surface area contributed by atoms with Gasteiger partial charge in [0.25, 0.3) is 0 Å². The Morgan fingerprint density at radius 1 is 1.09 bits per heavy atom. The maximum absolute atomic E-state index is 9.17. The van der Waals surface area contributed by atoms with Gasteiger partial charge < -0.3 is 10.0 Å². The molecule has 0 saturated heterocycles. The largest absolute Gasteiger partial charge is 0.395 e. The van der Waals surface area contributed by atoms with Gasteiger partial charge in [-0.3, -0.25) is 9.89 Å². The van der Waals surface area contributed by atoms with Crippen LogP contribution >= 0.6 is 11.6 Å². The average Bonchev–Trinajstić information content (AvgIpc) is 2.56. The van der Waals surface area contributed by atoms with Crippen LogP contribution in [0.2, 0.25) is 5.02 Å². The zero-order valence-electron chi connectivity index (χ0n) is 12.2. The number of aliphatic hydroxyl groups excluding tert-OH is 1. The van der Waals surface area contributed by atoms with Crippen LogP contribution < -0.4 is 4.90 Å². The summed E-state index contributed by atoms with van der Waals surface area (Å²) >= 11 is 6.14. The van der Waals surface area contributed by atoms with Gasteiger partial charge in [-0.2, -0.15) is 0 Å². The van der Waals surface area contributed by atoms with Crippen LogP contribution in [0.15, 0.2) is 59.6 Å². The van der Waals surface area contributed by atoms with Crippen molar-refractivity contribution >= 4 is 23.1 Å². The molecule has 0 atom stereocenters. The molecule has 1 N–H and O–H groups in total. The van der Waals surface area contributed by atoms with Gasteiger partial charge >= 0.3 is 0 Å². The van der Waals surface area contributed by atoms with E-state index in [2.05, 4.69) is 21.9 Å². The SMILES string of the molecule is OCCN1CN=C(c2ccccc2)N(c2cccc(Cl)c2)C1. The number of nitrogens with zero attached hydrogens (tertiary/aromatic N) is 3. The maximum atomic E-state index is 9.17. The number of anilines is 1. The predicted molar refractivity (Wildman–Crippen MR) is 90.4 cm³/mol. The van der Waals surface area contributed by atoms with E-state index in [0.29, 0.717) is 24.9 Å². The number of hydrogen-bond acceptors (Lipinski definition) is 4. The fraction of sp³-hybridized carbons (Fsp3) is 0.235. The molecule has 2 aromatic carbocycles. The Morgan fingerprint density at radius 2 is 1.91 bits per heavy atom. The summed E-state index contributed by atoms with van der Waals surface area (Å²) in [5.41, 5.74) is 2.07. The van der Waals surface area contributed by atoms with E-state index in [0.717, 1.165) is 17.1 Å². The van der Waals surface area contributed by atoms with E-state index >= 15 is 0 Å². The van der Waals surface area contributed by atoms with Crippen molar-refractivity contribution in [3.8, 4) is 0 Å². The highest BCUT2D eigenvalue weighted by Crippen LogP contribution is 2.24. The van der Waals surface area contributed by atoms with Crippen LogP contribution in [0, 0.1) is 0 Å². The van der Waals surface area contributed by atoms with Gasteiger partial charge in [0.05, 0.1) is 19.9 Å². The summed E-state index contributed by atoms with van der Waals surface area (Å²) in [5.74, 6) is 0.928. The summed E-state index contributed by atoms with van der Waals surface area (Å²) < 4.78 is 0. The summed E-state index contributed by atoms with van der Waals surface area (Å²) in [4.78, 5) is 8.92. The van der Waals surface area contributed by atoms with Crippen molar-refractivity contribution in [2.45, 2.75) is 0 Å². The first-order chi connectivity index (χ1) is 10.8. The normalized spacial score (nSPS) is 15.7. The molecule has 0 aromatic heterocycles. The molecule has 0 amide bonds. The van der Waals surface area contributed by atoms with E-state index in [-0.39, 0.29) is 6.61 Å². The van der Waals surface area contributed by atoms with Crippen molar-refractivity contribution in [1.29, 1.82) is 0 Å². The van der Waals surface area contributed by atoms with E-state index in [1.165, 1.54) is 0 Å². The number of aliphatic hydroxyl groups is 1. The molecule has 1 aliphatic rings. The molecule has 1 heterocycles. The van der Waals surface area contributed by atoms with Crippen molar-refractivity contribution in [2.75, 3.05) is 31.4 Å². The summed E-state index contributed by atoms with van der Waals surface area (Å²) in [7, 11) is 0.